The lowest BCUT2D eigenvalue weighted by Crippen LogP contribution is -2.49. The molecule has 3 aliphatic heterocycles. The number of morpholine rings is 1. The SMILES string of the molecule is CN1[C@H]2C[C@H](OC(=O)C(O)(c3cccs3)c3cccs3)C[C@H]1[C@H]1O[C@H]12. The Balaban J connectivity index is 1.39. The number of thiophene rings is 2. The van der Waals surface area contributed by atoms with Crippen LogP contribution in [0.1, 0.15) is 22.6 Å². The number of esters is 1. The second-order valence-corrected chi connectivity index (χ2v) is 8.92. The second-order valence-electron chi connectivity index (χ2n) is 7.03. The Hall–Kier alpha value is -1.25. The fourth-order valence-corrected chi connectivity index (χ4v) is 6.04. The highest BCUT2D eigenvalue weighted by molar-refractivity contribution is 7.12. The van der Waals surface area contributed by atoms with Gasteiger partial charge in [-0.25, -0.2) is 4.79 Å². The van der Waals surface area contributed by atoms with Crippen molar-refractivity contribution in [3.05, 3.63) is 44.8 Å². The topological polar surface area (TPSA) is 62.3 Å². The van der Waals surface area contributed by atoms with E-state index in [1.807, 2.05) is 22.9 Å². The Kier molecular flexibility index (Phi) is 3.59. The Morgan fingerprint density at radius 2 is 1.76 bits per heavy atom. The van der Waals surface area contributed by atoms with Crippen molar-refractivity contribution in [2.45, 2.75) is 48.8 Å². The predicted molar refractivity (Wildman–Crippen MR) is 94.8 cm³/mol. The third kappa shape index (κ3) is 2.34. The van der Waals surface area contributed by atoms with Crippen LogP contribution in [0.3, 0.4) is 0 Å². The number of carbonyl (C=O) groups excluding carboxylic acids is 1. The van der Waals surface area contributed by atoms with Gasteiger partial charge in [-0.3, -0.25) is 4.90 Å². The van der Waals surface area contributed by atoms with Crippen molar-refractivity contribution >= 4 is 28.6 Å². The fraction of sp³-hybridized carbons (Fsp3) is 0.500. The van der Waals surface area contributed by atoms with Crippen molar-refractivity contribution in [2.75, 3.05) is 7.05 Å². The third-order valence-electron chi connectivity index (χ3n) is 5.70. The number of likely N-dealkylation sites (N-methyl/N-ethyl adjacent to an activating group) is 1. The lowest BCUT2D eigenvalue weighted by molar-refractivity contribution is -0.171. The molecule has 3 aliphatic rings. The van der Waals surface area contributed by atoms with Crippen LogP contribution in [0.2, 0.25) is 0 Å². The van der Waals surface area contributed by atoms with Gasteiger partial charge < -0.3 is 14.6 Å². The molecule has 0 aliphatic carbocycles. The van der Waals surface area contributed by atoms with Crippen LogP contribution in [0.4, 0.5) is 0 Å². The minimum absolute atomic E-state index is 0.165. The molecule has 5 rings (SSSR count). The van der Waals surface area contributed by atoms with Gasteiger partial charge in [0.25, 0.3) is 0 Å². The van der Waals surface area contributed by atoms with E-state index < -0.39 is 11.6 Å². The zero-order valence-electron chi connectivity index (χ0n) is 13.7. The quantitative estimate of drug-likeness (QED) is 0.654. The first-order valence-electron chi connectivity index (χ1n) is 8.48. The van der Waals surface area contributed by atoms with E-state index in [0.717, 1.165) is 12.8 Å². The highest BCUT2D eigenvalue weighted by Crippen LogP contribution is 2.48. The summed E-state index contributed by atoms with van der Waals surface area (Å²) in [6.07, 6.45) is 1.97. The Bertz CT molecular complexity index is 723. The summed E-state index contributed by atoms with van der Waals surface area (Å²) in [6, 6.07) is 7.88. The van der Waals surface area contributed by atoms with Gasteiger partial charge in [-0.2, -0.15) is 0 Å². The Morgan fingerprint density at radius 1 is 1.20 bits per heavy atom. The van der Waals surface area contributed by atoms with Crippen molar-refractivity contribution in [1.29, 1.82) is 0 Å². The fourth-order valence-electron chi connectivity index (χ4n) is 4.32. The summed E-state index contributed by atoms with van der Waals surface area (Å²) < 4.78 is 11.5. The number of fused-ring (bicyclic) bond motifs is 5. The predicted octanol–water partition coefficient (Wildman–Crippen LogP) is 2.20. The van der Waals surface area contributed by atoms with Gasteiger partial charge >= 0.3 is 5.97 Å². The van der Waals surface area contributed by atoms with Crippen LogP contribution in [-0.2, 0) is 19.9 Å². The van der Waals surface area contributed by atoms with Crippen LogP contribution in [0.15, 0.2) is 35.0 Å². The molecule has 25 heavy (non-hydrogen) atoms. The molecule has 5 heterocycles. The highest BCUT2D eigenvalue weighted by atomic mass is 32.1. The second kappa shape index (κ2) is 5.62. The lowest BCUT2D eigenvalue weighted by Gasteiger charge is -2.38. The van der Waals surface area contributed by atoms with Crippen LogP contribution in [0.5, 0.6) is 0 Å². The summed E-state index contributed by atoms with van der Waals surface area (Å²) in [5, 5.41) is 15.0. The molecule has 2 aromatic heterocycles. The van der Waals surface area contributed by atoms with Gasteiger partial charge in [0.05, 0.1) is 9.75 Å². The summed E-state index contributed by atoms with van der Waals surface area (Å²) in [7, 11) is 2.12. The first-order chi connectivity index (χ1) is 12.1. The maximum absolute atomic E-state index is 13.0. The molecule has 7 heteroatoms. The molecule has 1 N–H and O–H groups in total. The number of nitrogens with zero attached hydrogens (tertiary/aromatic N) is 1. The normalized spacial score (nSPS) is 33.9. The number of rotatable bonds is 4. The highest BCUT2D eigenvalue weighted by Gasteiger charge is 2.63. The van der Waals surface area contributed by atoms with Crippen LogP contribution in [0.25, 0.3) is 0 Å². The molecule has 3 fully saturated rings. The first-order valence-corrected chi connectivity index (χ1v) is 10.2. The van der Waals surface area contributed by atoms with Crippen LogP contribution < -0.4 is 0 Å². The third-order valence-corrected chi connectivity index (χ3v) is 7.66. The molecule has 5 nitrogen and oxygen atoms in total. The number of piperidine rings is 1. The molecule has 0 amide bonds. The Labute approximate surface area is 153 Å². The Morgan fingerprint density at radius 3 is 2.24 bits per heavy atom. The van der Waals surface area contributed by atoms with Crippen molar-refractivity contribution in [2.24, 2.45) is 0 Å². The van der Waals surface area contributed by atoms with Crippen LogP contribution in [0, 0.1) is 0 Å². The standard InChI is InChI=1S/C18H19NO4S2/c1-19-11-8-10(9-12(19)16-15(11)23-16)22-17(20)18(21,13-4-2-6-24-13)14-5-3-7-25-14/h2-7,10-12,15-16,21H,8-9H2,1H3/t10-,11-,12-,15-,16+/m0/s1. The monoisotopic (exact) mass is 377 g/mol. The number of aliphatic hydroxyl groups is 1. The smallest absolute Gasteiger partial charge is 0.349 e. The largest absolute Gasteiger partial charge is 0.460 e. The van der Waals surface area contributed by atoms with Gasteiger partial charge in [-0.1, -0.05) is 12.1 Å². The van der Waals surface area contributed by atoms with E-state index in [0.29, 0.717) is 34.0 Å². The minimum atomic E-state index is -1.72. The van der Waals surface area contributed by atoms with Gasteiger partial charge in [0.1, 0.15) is 18.3 Å². The maximum Gasteiger partial charge on any atom is 0.349 e. The number of ether oxygens (including phenoxy) is 2. The molecule has 2 aromatic rings. The van der Waals surface area contributed by atoms with Gasteiger partial charge in [0.2, 0.25) is 5.60 Å². The minimum Gasteiger partial charge on any atom is -0.460 e. The molecule has 0 aromatic carbocycles. The van der Waals surface area contributed by atoms with Crippen LogP contribution in [-0.4, -0.2) is 53.4 Å². The number of epoxide rings is 1. The molecular weight excluding hydrogens is 358 g/mol. The van der Waals surface area contributed by atoms with E-state index in [2.05, 4.69) is 11.9 Å². The van der Waals surface area contributed by atoms with E-state index in [9.17, 15) is 9.90 Å². The number of carbonyl (C=O) groups is 1. The molecule has 2 bridgehead atoms. The zero-order valence-corrected chi connectivity index (χ0v) is 15.3. The van der Waals surface area contributed by atoms with Crippen molar-refractivity contribution < 1.29 is 19.4 Å². The number of hydrogen-bond donors (Lipinski definition) is 1. The van der Waals surface area contributed by atoms with Gasteiger partial charge in [-0.15, -0.1) is 22.7 Å². The van der Waals surface area contributed by atoms with Gasteiger partial charge in [0.15, 0.2) is 0 Å². The number of hydrogen-bond acceptors (Lipinski definition) is 7. The summed E-state index contributed by atoms with van der Waals surface area (Å²) in [5.41, 5.74) is -1.72. The maximum atomic E-state index is 13.0. The van der Waals surface area contributed by atoms with E-state index in [1.165, 1.54) is 22.7 Å². The van der Waals surface area contributed by atoms with E-state index in [-0.39, 0.29) is 6.10 Å². The molecular formula is C18H19NO4S2. The van der Waals surface area contributed by atoms with Crippen LogP contribution >= 0.6 is 22.7 Å². The van der Waals surface area contributed by atoms with Gasteiger partial charge in [0, 0.05) is 24.9 Å². The molecule has 132 valence electrons. The molecule has 0 radical (unpaired) electrons. The summed E-state index contributed by atoms with van der Waals surface area (Å²) in [6.45, 7) is 0. The van der Waals surface area contributed by atoms with Gasteiger partial charge in [-0.05, 0) is 29.9 Å². The van der Waals surface area contributed by atoms with E-state index >= 15 is 0 Å². The van der Waals surface area contributed by atoms with E-state index in [1.54, 1.807) is 12.1 Å². The summed E-state index contributed by atoms with van der Waals surface area (Å²) >= 11 is 2.73. The molecule has 0 saturated carbocycles. The molecule has 5 atom stereocenters. The average Bonchev–Trinajstić information content (AvgIpc) is 2.97. The molecule has 0 unspecified atom stereocenters. The molecule has 0 spiro atoms. The first kappa shape index (κ1) is 16.0. The lowest BCUT2D eigenvalue weighted by atomic mass is 9.97. The summed E-state index contributed by atoms with van der Waals surface area (Å²) in [5.74, 6) is -0.569. The average molecular weight is 377 g/mol. The van der Waals surface area contributed by atoms with Crippen molar-refractivity contribution in [3.8, 4) is 0 Å². The van der Waals surface area contributed by atoms with Crippen molar-refractivity contribution in [3.63, 3.8) is 0 Å². The summed E-state index contributed by atoms with van der Waals surface area (Å²) in [4.78, 5) is 16.6. The van der Waals surface area contributed by atoms with Crippen molar-refractivity contribution in [1.82, 2.24) is 4.90 Å². The molecule has 3 saturated heterocycles. The van der Waals surface area contributed by atoms with E-state index in [4.69, 9.17) is 9.47 Å². The zero-order chi connectivity index (χ0) is 17.2.